The summed E-state index contributed by atoms with van der Waals surface area (Å²) in [6, 6.07) is 0. The lowest BCUT2D eigenvalue weighted by molar-refractivity contribution is 0.0672. The Balaban J connectivity index is 1.96. The zero-order valence-corrected chi connectivity index (χ0v) is 9.25. The average Bonchev–Trinajstić information content (AvgIpc) is 2.82. The summed E-state index contributed by atoms with van der Waals surface area (Å²) in [4.78, 5) is 0. The maximum absolute atomic E-state index is 8.22. The average molecular weight is 189 g/mol. The molecule has 0 amide bonds. The summed E-state index contributed by atoms with van der Waals surface area (Å²) in [5.41, 5.74) is 2.54. The smallest absolute Gasteiger partial charge is 0.0169 e. The van der Waals surface area contributed by atoms with E-state index in [1.54, 1.807) is 0 Å². The Bertz CT molecular complexity index is 298. The highest BCUT2D eigenvalue weighted by atomic mass is 14.7. The van der Waals surface area contributed by atoms with E-state index in [2.05, 4.69) is 27.4 Å². The molecule has 0 aromatic rings. The second-order valence-corrected chi connectivity index (χ2v) is 5.71. The van der Waals surface area contributed by atoms with Gasteiger partial charge in [-0.1, -0.05) is 32.9 Å². The lowest BCUT2D eigenvalue weighted by Crippen LogP contribution is -2.51. The first-order valence-corrected chi connectivity index (χ1v) is 5.82. The monoisotopic (exact) mass is 189 g/mol. The molecular formula is C13H19N. The molecule has 0 radical (unpaired) electrons. The molecule has 14 heavy (non-hydrogen) atoms. The van der Waals surface area contributed by atoms with Gasteiger partial charge in [-0.3, -0.25) is 0 Å². The van der Waals surface area contributed by atoms with Gasteiger partial charge in [0, 0.05) is 17.5 Å². The van der Waals surface area contributed by atoms with Crippen LogP contribution in [0.3, 0.4) is 0 Å². The van der Waals surface area contributed by atoms with Crippen LogP contribution in [-0.4, -0.2) is 5.71 Å². The molecule has 0 aromatic carbocycles. The van der Waals surface area contributed by atoms with Crippen LogP contribution in [0, 0.1) is 46.8 Å². The van der Waals surface area contributed by atoms with Gasteiger partial charge in [0.15, 0.2) is 0 Å². The summed E-state index contributed by atoms with van der Waals surface area (Å²) in [6.07, 6.45) is 0. The number of hydrogen-bond acceptors (Lipinski definition) is 1. The molecule has 3 aliphatic rings. The van der Waals surface area contributed by atoms with Gasteiger partial charge in [0.1, 0.15) is 0 Å². The molecule has 76 valence electrons. The van der Waals surface area contributed by atoms with Crippen LogP contribution in [0.15, 0.2) is 12.2 Å². The molecule has 3 aliphatic carbocycles. The Morgan fingerprint density at radius 3 is 1.93 bits per heavy atom. The van der Waals surface area contributed by atoms with Crippen molar-refractivity contribution in [1.29, 1.82) is 5.41 Å². The highest BCUT2D eigenvalue weighted by molar-refractivity contribution is 5.93. The fourth-order valence-corrected chi connectivity index (χ4v) is 4.16. The largest absolute Gasteiger partial charge is 0.309 e. The summed E-state index contributed by atoms with van der Waals surface area (Å²) in [5.74, 6) is 4.68. The molecule has 0 heterocycles. The topological polar surface area (TPSA) is 23.9 Å². The van der Waals surface area contributed by atoms with Crippen LogP contribution in [0.5, 0.6) is 0 Å². The number of hydrogen-bond donors (Lipinski definition) is 1. The van der Waals surface area contributed by atoms with Gasteiger partial charge in [-0.05, 0) is 29.6 Å². The Morgan fingerprint density at radius 2 is 1.29 bits per heavy atom. The molecule has 1 heteroatoms. The molecule has 7 unspecified atom stereocenters. The van der Waals surface area contributed by atoms with Gasteiger partial charge in [-0.2, -0.15) is 0 Å². The van der Waals surface area contributed by atoms with E-state index in [4.69, 9.17) is 5.41 Å². The van der Waals surface area contributed by atoms with Crippen LogP contribution in [0.25, 0.3) is 0 Å². The van der Waals surface area contributed by atoms with E-state index in [1.165, 1.54) is 5.57 Å². The van der Waals surface area contributed by atoms with Gasteiger partial charge in [0.25, 0.3) is 0 Å². The van der Waals surface area contributed by atoms with Gasteiger partial charge in [-0.25, -0.2) is 0 Å². The molecule has 0 spiro atoms. The molecule has 3 saturated carbocycles. The molecule has 0 aliphatic heterocycles. The van der Waals surface area contributed by atoms with Gasteiger partial charge in [0.05, 0.1) is 0 Å². The fraction of sp³-hybridized carbons (Fsp3) is 0.769. The Morgan fingerprint density at radius 1 is 0.857 bits per heavy atom. The fourth-order valence-electron chi connectivity index (χ4n) is 4.16. The number of nitrogens with one attached hydrogen (secondary N) is 1. The number of fused-ring (bicyclic) bond motifs is 2. The molecule has 7 atom stereocenters. The first-order valence-electron chi connectivity index (χ1n) is 5.82. The molecule has 3 fully saturated rings. The summed E-state index contributed by atoms with van der Waals surface area (Å²) in [6.45, 7) is 11.2. The number of allylic oxidation sites excluding steroid dienone is 1. The highest BCUT2D eigenvalue weighted by Gasteiger charge is 2.64. The van der Waals surface area contributed by atoms with Crippen LogP contribution in [0.1, 0.15) is 20.8 Å². The van der Waals surface area contributed by atoms with E-state index >= 15 is 0 Å². The van der Waals surface area contributed by atoms with Crippen molar-refractivity contribution in [1.82, 2.24) is 0 Å². The molecular weight excluding hydrogens is 170 g/mol. The van der Waals surface area contributed by atoms with Crippen molar-refractivity contribution < 1.29 is 0 Å². The van der Waals surface area contributed by atoms with Gasteiger partial charge in [-0.15, -0.1) is 0 Å². The molecule has 3 rings (SSSR count). The van der Waals surface area contributed by atoms with E-state index in [-0.39, 0.29) is 0 Å². The second-order valence-electron chi connectivity index (χ2n) is 5.71. The Hall–Kier alpha value is -0.590. The van der Waals surface area contributed by atoms with E-state index in [0.717, 1.165) is 23.5 Å². The van der Waals surface area contributed by atoms with Gasteiger partial charge >= 0.3 is 0 Å². The first-order chi connectivity index (χ1) is 6.55. The van der Waals surface area contributed by atoms with E-state index in [0.29, 0.717) is 23.7 Å². The predicted molar refractivity (Wildman–Crippen MR) is 58.3 cm³/mol. The van der Waals surface area contributed by atoms with Crippen molar-refractivity contribution in [2.75, 3.05) is 0 Å². The first kappa shape index (κ1) is 8.70. The van der Waals surface area contributed by atoms with E-state index < -0.39 is 0 Å². The van der Waals surface area contributed by atoms with Crippen LogP contribution in [0.2, 0.25) is 0 Å². The molecule has 1 N–H and O–H groups in total. The SMILES string of the molecule is C=C1C2C(C)C(C)C2C(=N)C2C(C)C12. The summed E-state index contributed by atoms with van der Waals surface area (Å²) in [5, 5.41) is 8.22. The van der Waals surface area contributed by atoms with E-state index in [1.807, 2.05) is 0 Å². The molecule has 0 saturated heterocycles. The normalized spacial score (nSPS) is 60.1. The molecule has 0 aromatic heterocycles. The van der Waals surface area contributed by atoms with Crippen molar-refractivity contribution >= 4 is 5.71 Å². The third-order valence-electron chi connectivity index (χ3n) is 5.30. The minimum absolute atomic E-state index is 0.559. The Labute approximate surface area is 86.1 Å². The van der Waals surface area contributed by atoms with Crippen molar-refractivity contribution in [2.24, 2.45) is 41.4 Å². The van der Waals surface area contributed by atoms with Crippen LogP contribution < -0.4 is 0 Å². The third kappa shape index (κ3) is 0.721. The van der Waals surface area contributed by atoms with E-state index in [9.17, 15) is 0 Å². The van der Waals surface area contributed by atoms with Gasteiger partial charge in [0.2, 0.25) is 0 Å². The number of rotatable bonds is 0. The molecule has 1 nitrogen and oxygen atoms in total. The highest BCUT2D eigenvalue weighted by Crippen LogP contribution is 2.66. The molecule has 0 bridgehead atoms. The maximum atomic E-state index is 8.22. The zero-order chi connectivity index (χ0) is 10.2. The van der Waals surface area contributed by atoms with Crippen molar-refractivity contribution in [3.05, 3.63) is 12.2 Å². The lowest BCUT2D eigenvalue weighted by atomic mass is 9.51. The van der Waals surface area contributed by atoms with Crippen LogP contribution in [-0.2, 0) is 0 Å². The maximum Gasteiger partial charge on any atom is 0.0169 e. The summed E-state index contributed by atoms with van der Waals surface area (Å²) < 4.78 is 0. The lowest BCUT2D eigenvalue weighted by Gasteiger charge is -2.53. The van der Waals surface area contributed by atoms with Gasteiger partial charge < -0.3 is 5.41 Å². The minimum atomic E-state index is 0.559. The zero-order valence-electron chi connectivity index (χ0n) is 9.25. The summed E-state index contributed by atoms with van der Waals surface area (Å²) >= 11 is 0. The third-order valence-corrected chi connectivity index (χ3v) is 5.30. The van der Waals surface area contributed by atoms with Crippen LogP contribution in [0.4, 0.5) is 0 Å². The minimum Gasteiger partial charge on any atom is -0.309 e. The quantitative estimate of drug-likeness (QED) is 0.566. The van der Waals surface area contributed by atoms with Crippen molar-refractivity contribution in [2.45, 2.75) is 20.8 Å². The summed E-state index contributed by atoms with van der Waals surface area (Å²) in [7, 11) is 0. The van der Waals surface area contributed by atoms with Crippen molar-refractivity contribution in [3.63, 3.8) is 0 Å². The van der Waals surface area contributed by atoms with Crippen molar-refractivity contribution in [3.8, 4) is 0 Å². The Kier molecular flexibility index (Phi) is 1.44. The van der Waals surface area contributed by atoms with Crippen LogP contribution >= 0.6 is 0 Å². The predicted octanol–water partition coefficient (Wildman–Crippen LogP) is 2.98. The second kappa shape index (κ2) is 2.32. The standard InChI is InChI=1S/C13H19N/c1-5-6(2)11-9(5)7(3)10-8(4)12(10)13(11)14/h5-6,8-12,14H,3H2,1-2,4H3.